The zero-order chi connectivity index (χ0) is 22.4. The van der Waals surface area contributed by atoms with Crippen LogP contribution in [0.2, 0.25) is 0 Å². The summed E-state index contributed by atoms with van der Waals surface area (Å²) in [6, 6.07) is 21.2. The van der Waals surface area contributed by atoms with Crippen molar-refractivity contribution < 1.29 is 13.2 Å². The van der Waals surface area contributed by atoms with Gasteiger partial charge in [0.25, 0.3) is 15.9 Å². The molecule has 1 amide bonds. The van der Waals surface area contributed by atoms with E-state index < -0.39 is 22.5 Å². The van der Waals surface area contributed by atoms with Crippen LogP contribution < -0.4 is 9.73 Å². The monoisotopic (exact) mass is 435 g/mol. The molecule has 6 nitrogen and oxygen atoms in total. The second kappa shape index (κ2) is 9.57. The minimum Gasteiger partial charge on any atom is -0.271 e. The van der Waals surface area contributed by atoms with Gasteiger partial charge in [-0.3, -0.25) is 9.10 Å². The van der Waals surface area contributed by atoms with Crippen LogP contribution in [0, 0.1) is 20.8 Å². The third-order valence-corrected chi connectivity index (χ3v) is 6.47. The average molecular weight is 436 g/mol. The number of rotatable bonds is 7. The molecule has 0 aliphatic carbocycles. The Morgan fingerprint density at radius 2 is 1.65 bits per heavy atom. The second-order valence-corrected chi connectivity index (χ2v) is 9.18. The van der Waals surface area contributed by atoms with Crippen molar-refractivity contribution >= 4 is 27.8 Å². The fourth-order valence-electron chi connectivity index (χ4n) is 3.10. The van der Waals surface area contributed by atoms with Crippen LogP contribution >= 0.6 is 0 Å². The summed E-state index contributed by atoms with van der Waals surface area (Å²) < 4.78 is 27.9. The molecule has 0 heterocycles. The van der Waals surface area contributed by atoms with E-state index in [0.29, 0.717) is 5.69 Å². The van der Waals surface area contributed by atoms with Crippen molar-refractivity contribution in [2.24, 2.45) is 5.10 Å². The molecule has 0 aliphatic heterocycles. The molecule has 3 aromatic rings. The normalized spacial score (nSPS) is 11.5. The molecule has 0 atom stereocenters. The van der Waals surface area contributed by atoms with Crippen LogP contribution in [0.25, 0.3) is 0 Å². The van der Waals surface area contributed by atoms with E-state index in [9.17, 15) is 13.2 Å². The van der Waals surface area contributed by atoms with Gasteiger partial charge in [-0.2, -0.15) is 5.10 Å². The van der Waals surface area contributed by atoms with Gasteiger partial charge in [0, 0.05) is 0 Å². The first-order chi connectivity index (χ1) is 14.8. The van der Waals surface area contributed by atoms with Crippen LogP contribution in [-0.4, -0.2) is 27.1 Å². The zero-order valence-electron chi connectivity index (χ0n) is 17.7. The van der Waals surface area contributed by atoms with E-state index in [-0.39, 0.29) is 4.90 Å². The number of carbonyl (C=O) groups excluding carboxylic acids is 1. The molecule has 3 rings (SSSR count). The highest BCUT2D eigenvalue weighted by atomic mass is 32.2. The van der Waals surface area contributed by atoms with E-state index in [0.717, 1.165) is 26.6 Å². The van der Waals surface area contributed by atoms with Gasteiger partial charge in [-0.1, -0.05) is 60.2 Å². The molecule has 0 spiro atoms. The van der Waals surface area contributed by atoms with Gasteiger partial charge in [0.05, 0.1) is 16.8 Å². The number of amides is 1. The number of aryl methyl sites for hydroxylation is 3. The Hall–Kier alpha value is -3.45. The molecule has 0 aliphatic rings. The Morgan fingerprint density at radius 3 is 2.35 bits per heavy atom. The van der Waals surface area contributed by atoms with Crippen molar-refractivity contribution in [3.8, 4) is 0 Å². The topological polar surface area (TPSA) is 78.8 Å². The summed E-state index contributed by atoms with van der Waals surface area (Å²) in [6.45, 7) is 5.26. The molecule has 160 valence electrons. The maximum Gasteiger partial charge on any atom is 0.264 e. The fraction of sp³-hybridized carbons (Fsp3) is 0.167. The molecule has 1 N–H and O–H groups in total. The SMILES string of the molecule is Cc1cccc(/C=N\NC(=O)CN(c2cc(C)ccc2C)S(=O)(=O)c2ccccc2)c1. The number of carbonyl (C=O) groups is 1. The largest absolute Gasteiger partial charge is 0.271 e. The number of nitrogens with one attached hydrogen (secondary N) is 1. The van der Waals surface area contributed by atoms with E-state index in [4.69, 9.17) is 0 Å². The number of sulfonamides is 1. The average Bonchev–Trinajstić information content (AvgIpc) is 2.74. The van der Waals surface area contributed by atoms with Gasteiger partial charge < -0.3 is 0 Å². The summed E-state index contributed by atoms with van der Waals surface area (Å²) >= 11 is 0. The van der Waals surface area contributed by atoms with Crippen molar-refractivity contribution in [3.63, 3.8) is 0 Å². The first-order valence-corrected chi connectivity index (χ1v) is 11.2. The van der Waals surface area contributed by atoms with Crippen LogP contribution in [0.3, 0.4) is 0 Å². The smallest absolute Gasteiger partial charge is 0.264 e. The van der Waals surface area contributed by atoms with E-state index in [1.165, 1.54) is 18.3 Å². The molecule has 0 fully saturated rings. The zero-order valence-corrected chi connectivity index (χ0v) is 18.6. The summed E-state index contributed by atoms with van der Waals surface area (Å²) in [5.41, 5.74) is 6.45. The van der Waals surface area contributed by atoms with Crippen LogP contribution in [0.15, 0.2) is 82.8 Å². The Morgan fingerprint density at radius 1 is 0.935 bits per heavy atom. The molecule has 0 saturated carbocycles. The lowest BCUT2D eigenvalue weighted by Crippen LogP contribution is -2.40. The standard InChI is InChI=1S/C24H25N3O3S/c1-18-8-7-9-21(14-18)16-25-26-24(28)17-27(23-15-19(2)12-13-20(23)3)31(29,30)22-10-5-4-6-11-22/h4-16H,17H2,1-3H3,(H,26,28)/b25-16-. The molecular formula is C24H25N3O3S. The van der Waals surface area contributed by atoms with Crippen LogP contribution in [0.4, 0.5) is 5.69 Å². The highest BCUT2D eigenvalue weighted by Gasteiger charge is 2.28. The number of anilines is 1. The lowest BCUT2D eigenvalue weighted by Gasteiger charge is -2.25. The van der Waals surface area contributed by atoms with Crippen LogP contribution in [0.1, 0.15) is 22.3 Å². The number of hydrogen-bond donors (Lipinski definition) is 1. The van der Waals surface area contributed by atoms with Crippen molar-refractivity contribution in [1.82, 2.24) is 5.43 Å². The third-order valence-electron chi connectivity index (χ3n) is 4.70. The number of hydrogen-bond acceptors (Lipinski definition) is 4. The Labute approximate surface area is 183 Å². The number of nitrogens with zero attached hydrogens (tertiary/aromatic N) is 2. The minimum absolute atomic E-state index is 0.118. The third kappa shape index (κ3) is 5.58. The molecular weight excluding hydrogens is 410 g/mol. The molecule has 7 heteroatoms. The molecule has 0 aromatic heterocycles. The summed E-state index contributed by atoms with van der Waals surface area (Å²) in [5, 5.41) is 3.98. The quantitative estimate of drug-likeness (QED) is 0.451. The van der Waals surface area contributed by atoms with Gasteiger partial charge >= 0.3 is 0 Å². The van der Waals surface area contributed by atoms with Crippen molar-refractivity contribution in [1.29, 1.82) is 0 Å². The van der Waals surface area contributed by atoms with Crippen molar-refractivity contribution in [2.45, 2.75) is 25.7 Å². The first-order valence-electron chi connectivity index (χ1n) is 9.81. The van der Waals surface area contributed by atoms with Gasteiger partial charge in [0.1, 0.15) is 6.54 Å². The molecule has 0 saturated heterocycles. The van der Waals surface area contributed by atoms with E-state index >= 15 is 0 Å². The summed E-state index contributed by atoms with van der Waals surface area (Å²) in [4.78, 5) is 12.7. The maximum atomic E-state index is 13.4. The minimum atomic E-state index is -3.95. The Bertz CT molecular complexity index is 1210. The van der Waals surface area contributed by atoms with Crippen molar-refractivity contribution in [2.75, 3.05) is 10.8 Å². The molecule has 0 bridgehead atoms. The highest BCUT2D eigenvalue weighted by Crippen LogP contribution is 2.27. The molecule has 3 aromatic carbocycles. The lowest BCUT2D eigenvalue weighted by atomic mass is 10.1. The maximum absolute atomic E-state index is 13.4. The second-order valence-electron chi connectivity index (χ2n) is 7.32. The lowest BCUT2D eigenvalue weighted by molar-refractivity contribution is -0.119. The first kappa shape index (κ1) is 22.2. The molecule has 31 heavy (non-hydrogen) atoms. The number of benzene rings is 3. The van der Waals surface area contributed by atoms with Crippen molar-refractivity contribution in [3.05, 3.63) is 95.1 Å². The predicted octanol–water partition coefficient (Wildman–Crippen LogP) is 3.96. The van der Waals surface area contributed by atoms with Gasteiger partial charge in [-0.25, -0.2) is 13.8 Å². The van der Waals surface area contributed by atoms with Crippen LogP contribution in [-0.2, 0) is 14.8 Å². The summed E-state index contributed by atoms with van der Waals surface area (Å²) in [7, 11) is -3.95. The van der Waals surface area contributed by atoms with Gasteiger partial charge in [0.15, 0.2) is 0 Å². The Balaban J connectivity index is 1.88. The van der Waals surface area contributed by atoms with Gasteiger partial charge in [-0.15, -0.1) is 0 Å². The summed E-state index contributed by atoms with van der Waals surface area (Å²) in [6.07, 6.45) is 1.53. The van der Waals surface area contributed by atoms with Crippen LogP contribution in [0.5, 0.6) is 0 Å². The summed E-state index contributed by atoms with van der Waals surface area (Å²) in [5.74, 6) is -0.538. The van der Waals surface area contributed by atoms with Gasteiger partial charge in [-0.05, 0) is 55.7 Å². The Kier molecular flexibility index (Phi) is 6.87. The van der Waals surface area contributed by atoms with E-state index in [1.54, 1.807) is 24.3 Å². The van der Waals surface area contributed by atoms with E-state index in [2.05, 4.69) is 10.5 Å². The fourth-order valence-corrected chi connectivity index (χ4v) is 4.60. The highest BCUT2D eigenvalue weighted by molar-refractivity contribution is 7.92. The molecule has 0 unspecified atom stereocenters. The number of hydrazone groups is 1. The molecule has 0 radical (unpaired) electrons. The van der Waals surface area contributed by atoms with Gasteiger partial charge in [0.2, 0.25) is 0 Å². The van der Waals surface area contributed by atoms with E-state index in [1.807, 2.05) is 57.2 Å². The predicted molar refractivity (Wildman–Crippen MR) is 124 cm³/mol.